The summed E-state index contributed by atoms with van der Waals surface area (Å²) in [6, 6.07) is 7.95. The van der Waals surface area contributed by atoms with Gasteiger partial charge >= 0.3 is 0 Å². The van der Waals surface area contributed by atoms with Crippen LogP contribution >= 0.6 is 15.9 Å². The highest BCUT2D eigenvalue weighted by molar-refractivity contribution is 9.10. The van der Waals surface area contributed by atoms with E-state index in [-0.39, 0.29) is 0 Å². The normalized spacial score (nSPS) is 9.08. The van der Waals surface area contributed by atoms with Crippen LogP contribution in [0.4, 0.5) is 5.69 Å². The Morgan fingerprint density at radius 3 is 2.92 bits per heavy atom. The van der Waals surface area contributed by atoms with Gasteiger partial charge < -0.3 is 5.32 Å². The highest BCUT2D eigenvalue weighted by atomic mass is 79.9. The predicted octanol–water partition coefficient (Wildman–Crippen LogP) is 2.69. The Labute approximate surface area is 80.3 Å². The first-order valence-corrected chi connectivity index (χ1v) is 4.40. The summed E-state index contributed by atoms with van der Waals surface area (Å²) < 4.78 is 1.06. The van der Waals surface area contributed by atoms with Crippen molar-refractivity contribution < 1.29 is 0 Å². The van der Waals surface area contributed by atoms with Crippen LogP contribution < -0.4 is 5.32 Å². The number of aryl methyl sites for hydroxylation is 1. The smallest absolute Gasteiger partial charge is 0.103 e. The number of nitrogens with one attached hydrogen (secondary N) is 1. The fraction of sp³-hybridized carbons (Fsp3) is 0.222. The molecule has 62 valence electrons. The summed E-state index contributed by atoms with van der Waals surface area (Å²) in [6.07, 6.45) is 0. The number of nitrogens with zero attached hydrogens (tertiary/aromatic N) is 1. The van der Waals surface area contributed by atoms with Gasteiger partial charge in [0, 0.05) is 10.2 Å². The fourth-order valence-electron chi connectivity index (χ4n) is 0.844. The van der Waals surface area contributed by atoms with Crippen LogP contribution in [0.3, 0.4) is 0 Å². The van der Waals surface area contributed by atoms with Crippen molar-refractivity contribution in [3.8, 4) is 6.07 Å². The molecule has 0 heterocycles. The molecule has 3 heteroatoms. The minimum atomic E-state index is 0.343. The Balaban J connectivity index is 2.77. The molecule has 0 saturated carbocycles. The number of halogens is 1. The van der Waals surface area contributed by atoms with Gasteiger partial charge in [-0.05, 0) is 24.6 Å². The maximum Gasteiger partial charge on any atom is 0.103 e. The topological polar surface area (TPSA) is 35.8 Å². The minimum absolute atomic E-state index is 0.343. The van der Waals surface area contributed by atoms with Gasteiger partial charge in [-0.2, -0.15) is 5.26 Å². The van der Waals surface area contributed by atoms with Crippen LogP contribution in [0.2, 0.25) is 0 Å². The Hall–Kier alpha value is -1.01. The standard InChI is InChI=1S/C9H9BrN2/c1-7-2-3-8(6-9(7)10)12-5-4-11/h2-3,6,12H,5H2,1H3. The zero-order chi connectivity index (χ0) is 8.97. The molecule has 0 unspecified atom stereocenters. The molecule has 0 atom stereocenters. The molecule has 0 saturated heterocycles. The molecule has 0 aliphatic heterocycles. The lowest BCUT2D eigenvalue weighted by Gasteiger charge is -2.03. The van der Waals surface area contributed by atoms with E-state index in [1.807, 2.05) is 31.2 Å². The first-order chi connectivity index (χ1) is 5.74. The van der Waals surface area contributed by atoms with E-state index in [9.17, 15) is 0 Å². The monoisotopic (exact) mass is 224 g/mol. The summed E-state index contributed by atoms with van der Waals surface area (Å²) in [5, 5.41) is 11.3. The molecular formula is C9H9BrN2. The SMILES string of the molecule is Cc1ccc(NCC#N)cc1Br. The van der Waals surface area contributed by atoms with Gasteiger partial charge in [0.05, 0.1) is 6.07 Å². The van der Waals surface area contributed by atoms with Crippen LogP contribution in [0.1, 0.15) is 5.56 Å². The summed E-state index contributed by atoms with van der Waals surface area (Å²) >= 11 is 3.42. The van der Waals surface area contributed by atoms with Gasteiger partial charge in [-0.15, -0.1) is 0 Å². The van der Waals surface area contributed by atoms with Crippen molar-refractivity contribution in [1.29, 1.82) is 5.26 Å². The average molecular weight is 225 g/mol. The molecule has 1 rings (SSSR count). The van der Waals surface area contributed by atoms with Crippen molar-refractivity contribution in [2.75, 3.05) is 11.9 Å². The molecule has 0 aliphatic carbocycles. The van der Waals surface area contributed by atoms with Crippen molar-refractivity contribution in [2.45, 2.75) is 6.92 Å². The summed E-state index contributed by atoms with van der Waals surface area (Å²) in [4.78, 5) is 0. The number of hydrogen-bond donors (Lipinski definition) is 1. The summed E-state index contributed by atoms with van der Waals surface area (Å²) in [5.41, 5.74) is 2.16. The minimum Gasteiger partial charge on any atom is -0.372 e. The maximum atomic E-state index is 8.33. The van der Waals surface area contributed by atoms with Crippen LogP contribution in [-0.4, -0.2) is 6.54 Å². The van der Waals surface area contributed by atoms with E-state index in [1.54, 1.807) is 0 Å². The third-order valence-electron chi connectivity index (χ3n) is 1.54. The molecule has 1 aromatic carbocycles. The van der Waals surface area contributed by atoms with Gasteiger partial charge in [-0.25, -0.2) is 0 Å². The van der Waals surface area contributed by atoms with Crippen LogP contribution in [0.25, 0.3) is 0 Å². The van der Waals surface area contributed by atoms with Crippen LogP contribution in [0, 0.1) is 18.3 Å². The van der Waals surface area contributed by atoms with Gasteiger partial charge in [0.15, 0.2) is 0 Å². The van der Waals surface area contributed by atoms with E-state index in [0.29, 0.717) is 6.54 Å². The summed E-state index contributed by atoms with van der Waals surface area (Å²) in [5.74, 6) is 0. The van der Waals surface area contributed by atoms with Crippen LogP contribution in [-0.2, 0) is 0 Å². The van der Waals surface area contributed by atoms with Crippen molar-refractivity contribution in [3.63, 3.8) is 0 Å². The van der Waals surface area contributed by atoms with E-state index in [1.165, 1.54) is 5.56 Å². The predicted molar refractivity (Wildman–Crippen MR) is 53.0 cm³/mol. The second-order valence-electron chi connectivity index (χ2n) is 2.48. The lowest BCUT2D eigenvalue weighted by Crippen LogP contribution is -1.97. The van der Waals surface area contributed by atoms with Crippen molar-refractivity contribution in [1.82, 2.24) is 0 Å². The molecule has 0 amide bonds. The zero-order valence-electron chi connectivity index (χ0n) is 6.76. The molecule has 1 aromatic rings. The van der Waals surface area contributed by atoms with E-state index >= 15 is 0 Å². The lowest BCUT2D eigenvalue weighted by molar-refractivity contribution is 1.30. The molecule has 0 radical (unpaired) electrons. The highest BCUT2D eigenvalue weighted by Gasteiger charge is 1.95. The third-order valence-corrected chi connectivity index (χ3v) is 2.40. The summed E-state index contributed by atoms with van der Waals surface area (Å²) in [7, 11) is 0. The van der Waals surface area contributed by atoms with Gasteiger partial charge in [-0.3, -0.25) is 0 Å². The highest BCUT2D eigenvalue weighted by Crippen LogP contribution is 2.20. The van der Waals surface area contributed by atoms with E-state index in [2.05, 4.69) is 21.2 Å². The quantitative estimate of drug-likeness (QED) is 0.785. The number of rotatable bonds is 2. The molecule has 1 N–H and O–H groups in total. The number of anilines is 1. The Morgan fingerprint density at radius 2 is 2.33 bits per heavy atom. The van der Waals surface area contributed by atoms with Gasteiger partial charge in [-0.1, -0.05) is 22.0 Å². The van der Waals surface area contributed by atoms with E-state index < -0.39 is 0 Å². The zero-order valence-corrected chi connectivity index (χ0v) is 8.35. The van der Waals surface area contributed by atoms with Gasteiger partial charge in [0.25, 0.3) is 0 Å². The Bertz CT molecular complexity index is 315. The first-order valence-electron chi connectivity index (χ1n) is 3.61. The second-order valence-corrected chi connectivity index (χ2v) is 3.33. The van der Waals surface area contributed by atoms with E-state index in [0.717, 1.165) is 10.2 Å². The Morgan fingerprint density at radius 1 is 1.58 bits per heavy atom. The molecular weight excluding hydrogens is 216 g/mol. The average Bonchev–Trinajstić information content (AvgIpc) is 2.07. The maximum absolute atomic E-state index is 8.33. The molecule has 0 bridgehead atoms. The van der Waals surface area contributed by atoms with Crippen LogP contribution in [0.5, 0.6) is 0 Å². The number of benzene rings is 1. The largest absolute Gasteiger partial charge is 0.372 e. The van der Waals surface area contributed by atoms with Crippen molar-refractivity contribution in [2.24, 2.45) is 0 Å². The number of hydrogen-bond acceptors (Lipinski definition) is 2. The molecule has 12 heavy (non-hydrogen) atoms. The molecule has 0 aliphatic rings. The van der Waals surface area contributed by atoms with Crippen LogP contribution in [0.15, 0.2) is 22.7 Å². The second kappa shape index (κ2) is 4.13. The van der Waals surface area contributed by atoms with Gasteiger partial charge in [0.2, 0.25) is 0 Å². The van der Waals surface area contributed by atoms with Crippen molar-refractivity contribution >= 4 is 21.6 Å². The number of nitriles is 1. The lowest BCUT2D eigenvalue weighted by atomic mass is 10.2. The molecule has 0 fully saturated rings. The molecule has 2 nitrogen and oxygen atoms in total. The van der Waals surface area contributed by atoms with E-state index in [4.69, 9.17) is 5.26 Å². The third kappa shape index (κ3) is 2.24. The fourth-order valence-corrected chi connectivity index (χ4v) is 1.22. The Kier molecular flexibility index (Phi) is 3.12. The van der Waals surface area contributed by atoms with Gasteiger partial charge in [0.1, 0.15) is 6.54 Å². The first kappa shape index (κ1) is 9.08. The van der Waals surface area contributed by atoms with Crippen molar-refractivity contribution in [3.05, 3.63) is 28.2 Å². The summed E-state index contributed by atoms with van der Waals surface area (Å²) in [6.45, 7) is 2.37. The molecule has 0 spiro atoms. The molecule has 0 aromatic heterocycles.